The fourth-order valence-electron chi connectivity index (χ4n) is 3.45. The third-order valence-corrected chi connectivity index (χ3v) is 4.47. The number of fused-ring (bicyclic) bond motifs is 4. The van der Waals surface area contributed by atoms with Gasteiger partial charge in [0.15, 0.2) is 10.9 Å². The topological polar surface area (TPSA) is 34.1 Å². The highest BCUT2D eigenvalue weighted by molar-refractivity contribution is 6.17. The SMILES string of the molecule is C=Cc1c(/C=C\C)c(=O)c2cc3c(cc12)c(=O)c1ccccc13. The highest BCUT2D eigenvalue weighted by Gasteiger charge is 2.17. The normalized spacial score (nSPS) is 12.0. The zero-order valence-corrected chi connectivity index (χ0v) is 12.7. The van der Waals surface area contributed by atoms with Crippen molar-refractivity contribution in [1.29, 1.82) is 0 Å². The van der Waals surface area contributed by atoms with Gasteiger partial charge in [-0.1, -0.05) is 49.1 Å². The predicted octanol–water partition coefficient (Wildman–Crippen LogP) is 4.42. The van der Waals surface area contributed by atoms with E-state index in [1.807, 2.05) is 49.4 Å². The number of hydrogen-bond donors (Lipinski definition) is 0. The molecule has 0 aliphatic carbocycles. The average Bonchev–Trinajstić information content (AvgIpc) is 3.00. The molecular weight excluding hydrogens is 284 g/mol. The quantitative estimate of drug-likeness (QED) is 0.549. The second kappa shape index (κ2) is 4.75. The van der Waals surface area contributed by atoms with Crippen molar-refractivity contribution in [3.05, 3.63) is 80.6 Å². The molecule has 2 nitrogen and oxygen atoms in total. The summed E-state index contributed by atoms with van der Waals surface area (Å²) < 4.78 is 0. The van der Waals surface area contributed by atoms with Gasteiger partial charge in [-0.15, -0.1) is 0 Å². The smallest absolute Gasteiger partial charge is 0.194 e. The Morgan fingerprint density at radius 1 is 0.783 bits per heavy atom. The Morgan fingerprint density at radius 3 is 2.13 bits per heavy atom. The molecule has 0 amide bonds. The Morgan fingerprint density at radius 2 is 1.43 bits per heavy atom. The lowest BCUT2D eigenvalue weighted by molar-refractivity contribution is 1.67. The van der Waals surface area contributed by atoms with Crippen LogP contribution in [0.15, 0.2) is 58.6 Å². The molecule has 0 aliphatic heterocycles. The van der Waals surface area contributed by atoms with Gasteiger partial charge in [-0.25, -0.2) is 0 Å². The first kappa shape index (κ1) is 13.6. The molecule has 0 bridgehead atoms. The van der Waals surface area contributed by atoms with Crippen molar-refractivity contribution >= 4 is 44.5 Å². The summed E-state index contributed by atoms with van der Waals surface area (Å²) in [6.45, 7) is 5.71. The largest absolute Gasteiger partial charge is 0.289 e. The van der Waals surface area contributed by atoms with Crippen LogP contribution in [0.4, 0.5) is 0 Å². The van der Waals surface area contributed by atoms with Crippen LogP contribution < -0.4 is 10.9 Å². The third-order valence-electron chi connectivity index (χ3n) is 4.47. The van der Waals surface area contributed by atoms with Gasteiger partial charge < -0.3 is 0 Å². The van der Waals surface area contributed by atoms with Gasteiger partial charge >= 0.3 is 0 Å². The molecule has 0 aromatic heterocycles. The van der Waals surface area contributed by atoms with Crippen LogP contribution >= 0.6 is 0 Å². The van der Waals surface area contributed by atoms with Crippen molar-refractivity contribution in [2.24, 2.45) is 0 Å². The van der Waals surface area contributed by atoms with Crippen LogP contribution in [-0.2, 0) is 0 Å². The molecule has 110 valence electrons. The van der Waals surface area contributed by atoms with Gasteiger partial charge in [0.25, 0.3) is 0 Å². The molecule has 0 fully saturated rings. The second-order valence-corrected chi connectivity index (χ2v) is 5.68. The zero-order valence-electron chi connectivity index (χ0n) is 12.7. The molecule has 0 aliphatic rings. The Bertz CT molecular complexity index is 1220. The highest BCUT2D eigenvalue weighted by atomic mass is 16.1. The fourth-order valence-corrected chi connectivity index (χ4v) is 3.45. The Kier molecular flexibility index (Phi) is 2.82. The van der Waals surface area contributed by atoms with Crippen LogP contribution in [0.1, 0.15) is 18.1 Å². The summed E-state index contributed by atoms with van der Waals surface area (Å²) in [5.41, 5.74) is 1.46. The van der Waals surface area contributed by atoms with Gasteiger partial charge in [0.05, 0.1) is 0 Å². The Hall–Kier alpha value is -3.00. The number of rotatable bonds is 2. The van der Waals surface area contributed by atoms with E-state index >= 15 is 0 Å². The number of hydrogen-bond acceptors (Lipinski definition) is 2. The average molecular weight is 298 g/mol. The summed E-state index contributed by atoms with van der Waals surface area (Å²) in [5, 5.41) is 4.58. The van der Waals surface area contributed by atoms with Crippen molar-refractivity contribution in [3.8, 4) is 0 Å². The molecule has 2 heteroatoms. The standard InChI is InChI=1S/C21H14O2/c1-3-7-14-12(4-2)16-10-19-17(11-18(16)20(14)22)13-8-5-6-9-15(13)21(19)23/h3-11H,2H2,1H3/b7-3-. The van der Waals surface area contributed by atoms with E-state index in [-0.39, 0.29) is 10.9 Å². The minimum absolute atomic E-state index is 0.00682. The lowest BCUT2D eigenvalue weighted by Crippen LogP contribution is -1.98. The first-order valence-electron chi connectivity index (χ1n) is 7.54. The molecule has 0 spiro atoms. The number of allylic oxidation sites excluding steroid dienone is 1. The maximum Gasteiger partial charge on any atom is 0.194 e. The van der Waals surface area contributed by atoms with Crippen molar-refractivity contribution < 1.29 is 0 Å². The third kappa shape index (κ3) is 1.69. The minimum atomic E-state index is -0.00682. The second-order valence-electron chi connectivity index (χ2n) is 5.68. The maximum absolute atomic E-state index is 12.7. The van der Waals surface area contributed by atoms with E-state index < -0.39 is 0 Å². The Balaban J connectivity index is 2.30. The van der Waals surface area contributed by atoms with E-state index in [1.165, 1.54) is 0 Å². The van der Waals surface area contributed by atoms with Gasteiger partial charge in [0.2, 0.25) is 0 Å². The molecule has 0 unspecified atom stereocenters. The molecule has 0 radical (unpaired) electrons. The van der Waals surface area contributed by atoms with Crippen LogP contribution in [0, 0.1) is 0 Å². The molecule has 23 heavy (non-hydrogen) atoms. The highest BCUT2D eigenvalue weighted by Crippen LogP contribution is 2.31. The van der Waals surface area contributed by atoms with Crippen molar-refractivity contribution in [3.63, 3.8) is 0 Å². The molecule has 4 rings (SSSR count). The van der Waals surface area contributed by atoms with E-state index in [0.717, 1.165) is 21.7 Å². The summed E-state index contributed by atoms with van der Waals surface area (Å²) in [7, 11) is 0. The maximum atomic E-state index is 12.7. The van der Waals surface area contributed by atoms with E-state index in [1.54, 1.807) is 12.2 Å². The van der Waals surface area contributed by atoms with Gasteiger partial charge in [-0.05, 0) is 40.8 Å². The van der Waals surface area contributed by atoms with Gasteiger partial charge in [-0.2, -0.15) is 0 Å². The van der Waals surface area contributed by atoms with Crippen molar-refractivity contribution in [2.45, 2.75) is 6.92 Å². The molecule has 0 saturated heterocycles. The number of benzene rings is 2. The van der Waals surface area contributed by atoms with E-state index in [0.29, 0.717) is 21.7 Å². The monoisotopic (exact) mass is 298 g/mol. The molecular formula is C21H14O2. The van der Waals surface area contributed by atoms with Crippen LogP contribution in [0.5, 0.6) is 0 Å². The molecule has 0 saturated carbocycles. The van der Waals surface area contributed by atoms with Gasteiger partial charge in [0, 0.05) is 21.7 Å². The molecule has 4 aromatic carbocycles. The first-order valence-corrected chi connectivity index (χ1v) is 7.54. The minimum Gasteiger partial charge on any atom is -0.289 e. The van der Waals surface area contributed by atoms with Gasteiger partial charge in [0.1, 0.15) is 0 Å². The lowest BCUT2D eigenvalue weighted by atomic mass is 10.1. The molecule has 0 N–H and O–H groups in total. The van der Waals surface area contributed by atoms with Crippen LogP contribution in [0.3, 0.4) is 0 Å². The van der Waals surface area contributed by atoms with E-state index in [4.69, 9.17) is 0 Å². The van der Waals surface area contributed by atoms with Crippen LogP contribution in [0.2, 0.25) is 0 Å². The zero-order chi connectivity index (χ0) is 16.1. The Labute approximate surface area is 132 Å². The molecule has 4 aromatic rings. The summed E-state index contributed by atoms with van der Waals surface area (Å²) >= 11 is 0. The summed E-state index contributed by atoms with van der Waals surface area (Å²) in [4.78, 5) is 25.3. The van der Waals surface area contributed by atoms with Gasteiger partial charge in [-0.3, -0.25) is 9.59 Å². The van der Waals surface area contributed by atoms with Crippen LogP contribution in [-0.4, -0.2) is 0 Å². The predicted molar refractivity (Wildman–Crippen MR) is 98.7 cm³/mol. The van der Waals surface area contributed by atoms with E-state index in [9.17, 15) is 9.59 Å². The fraction of sp³-hybridized carbons (Fsp3) is 0.0476. The summed E-state index contributed by atoms with van der Waals surface area (Å²) in [5.74, 6) is 0. The van der Waals surface area contributed by atoms with Crippen molar-refractivity contribution in [2.75, 3.05) is 0 Å². The summed E-state index contributed by atoms with van der Waals surface area (Å²) in [6, 6.07) is 11.2. The van der Waals surface area contributed by atoms with E-state index in [2.05, 4.69) is 6.58 Å². The van der Waals surface area contributed by atoms with Crippen molar-refractivity contribution in [1.82, 2.24) is 0 Å². The molecule has 0 atom stereocenters. The molecule has 0 heterocycles. The first-order chi connectivity index (χ1) is 11.2. The summed E-state index contributed by atoms with van der Waals surface area (Å²) in [6.07, 6.45) is 5.34. The van der Waals surface area contributed by atoms with Crippen LogP contribution in [0.25, 0.3) is 44.5 Å². The lowest BCUT2D eigenvalue weighted by Gasteiger charge is -1.95.